The second kappa shape index (κ2) is 6.10. The lowest BCUT2D eigenvalue weighted by molar-refractivity contribution is 0.102. The van der Waals surface area contributed by atoms with Gasteiger partial charge in [0, 0.05) is 25.0 Å². The molecule has 3 heterocycles. The molecule has 7 heteroatoms. The number of thiazole rings is 1. The Morgan fingerprint density at radius 3 is 2.76 bits per heavy atom. The minimum atomic E-state index is -0.205. The van der Waals surface area contributed by atoms with E-state index >= 15 is 0 Å². The number of hydrogen-bond acceptors (Lipinski definition) is 5. The van der Waals surface area contributed by atoms with Gasteiger partial charge in [0.15, 0.2) is 0 Å². The van der Waals surface area contributed by atoms with Crippen LogP contribution in [0.25, 0.3) is 21.6 Å². The molecule has 3 aromatic heterocycles. The SMILES string of the molecule is Cc1nc(-c2cccnc2)sc1C(=O)Nc1nc2ccccc2n1C. The first-order chi connectivity index (χ1) is 12.1. The quantitative estimate of drug-likeness (QED) is 0.613. The van der Waals surface area contributed by atoms with E-state index < -0.39 is 0 Å². The number of aromatic nitrogens is 4. The Labute approximate surface area is 148 Å². The molecule has 0 aliphatic heterocycles. The molecule has 4 aromatic rings. The Balaban J connectivity index is 1.65. The maximum Gasteiger partial charge on any atom is 0.269 e. The highest BCUT2D eigenvalue weighted by molar-refractivity contribution is 7.17. The summed E-state index contributed by atoms with van der Waals surface area (Å²) in [5.41, 5.74) is 3.41. The standard InChI is InChI=1S/C18H15N5OS/c1-11-15(25-17(20-11)12-6-5-9-19-10-12)16(24)22-18-21-13-7-3-4-8-14(13)23(18)2/h3-10H,1-2H3,(H,21,22,24). The highest BCUT2D eigenvalue weighted by Crippen LogP contribution is 2.28. The van der Waals surface area contributed by atoms with Crippen molar-refractivity contribution in [1.29, 1.82) is 0 Å². The third-order valence-electron chi connectivity index (χ3n) is 3.92. The Morgan fingerprint density at radius 1 is 1.16 bits per heavy atom. The van der Waals surface area contributed by atoms with E-state index in [2.05, 4.69) is 20.3 Å². The second-order valence-corrected chi connectivity index (χ2v) is 6.61. The minimum Gasteiger partial charge on any atom is -0.313 e. The number of carbonyl (C=O) groups is 1. The van der Waals surface area contributed by atoms with Crippen molar-refractivity contribution >= 4 is 34.2 Å². The molecule has 0 spiro atoms. The molecule has 0 saturated carbocycles. The van der Waals surface area contributed by atoms with Gasteiger partial charge >= 0.3 is 0 Å². The van der Waals surface area contributed by atoms with Crippen LogP contribution in [0.4, 0.5) is 5.95 Å². The smallest absolute Gasteiger partial charge is 0.269 e. The largest absolute Gasteiger partial charge is 0.313 e. The fourth-order valence-electron chi connectivity index (χ4n) is 2.64. The number of para-hydroxylation sites is 2. The highest BCUT2D eigenvalue weighted by atomic mass is 32.1. The molecular weight excluding hydrogens is 334 g/mol. The van der Waals surface area contributed by atoms with E-state index in [1.54, 1.807) is 12.4 Å². The van der Waals surface area contributed by atoms with Crippen LogP contribution in [0.1, 0.15) is 15.4 Å². The van der Waals surface area contributed by atoms with E-state index in [9.17, 15) is 4.79 Å². The number of hydrogen-bond donors (Lipinski definition) is 1. The Kier molecular flexibility index (Phi) is 3.77. The van der Waals surface area contributed by atoms with Crippen LogP contribution in [0.2, 0.25) is 0 Å². The first-order valence-electron chi connectivity index (χ1n) is 7.74. The summed E-state index contributed by atoms with van der Waals surface area (Å²) in [5, 5.41) is 3.67. The summed E-state index contributed by atoms with van der Waals surface area (Å²) in [6, 6.07) is 11.5. The van der Waals surface area contributed by atoms with Crippen molar-refractivity contribution in [2.75, 3.05) is 5.32 Å². The van der Waals surface area contributed by atoms with Gasteiger partial charge in [0.2, 0.25) is 5.95 Å². The zero-order valence-corrected chi connectivity index (χ0v) is 14.5. The number of imidazole rings is 1. The molecular formula is C18H15N5OS. The summed E-state index contributed by atoms with van der Waals surface area (Å²) in [6.07, 6.45) is 3.45. The number of pyridine rings is 1. The Hall–Kier alpha value is -3.06. The number of aryl methyl sites for hydroxylation is 2. The van der Waals surface area contributed by atoms with E-state index in [1.165, 1.54) is 11.3 Å². The number of fused-ring (bicyclic) bond motifs is 1. The highest BCUT2D eigenvalue weighted by Gasteiger charge is 2.18. The topological polar surface area (TPSA) is 72.7 Å². The fourth-order valence-corrected chi connectivity index (χ4v) is 3.59. The second-order valence-electron chi connectivity index (χ2n) is 5.61. The number of nitrogens with one attached hydrogen (secondary N) is 1. The van der Waals surface area contributed by atoms with Gasteiger partial charge in [-0.3, -0.25) is 15.1 Å². The maximum atomic E-state index is 12.7. The molecule has 1 amide bonds. The van der Waals surface area contributed by atoms with E-state index in [0.29, 0.717) is 16.5 Å². The van der Waals surface area contributed by atoms with Crippen LogP contribution in [0.5, 0.6) is 0 Å². The van der Waals surface area contributed by atoms with Gasteiger partial charge in [-0.15, -0.1) is 11.3 Å². The van der Waals surface area contributed by atoms with E-state index in [1.807, 2.05) is 54.9 Å². The molecule has 124 valence electrons. The van der Waals surface area contributed by atoms with Crippen LogP contribution in [-0.4, -0.2) is 25.4 Å². The van der Waals surface area contributed by atoms with Gasteiger partial charge in [-0.25, -0.2) is 9.97 Å². The molecule has 4 rings (SSSR count). The molecule has 25 heavy (non-hydrogen) atoms. The Bertz CT molecular complexity index is 1070. The lowest BCUT2D eigenvalue weighted by Gasteiger charge is -2.03. The average Bonchev–Trinajstić information content (AvgIpc) is 3.17. The third kappa shape index (κ3) is 2.78. The number of carbonyl (C=O) groups excluding carboxylic acids is 1. The first-order valence-corrected chi connectivity index (χ1v) is 8.56. The molecule has 0 aliphatic carbocycles. The van der Waals surface area contributed by atoms with Crippen molar-refractivity contribution in [3.05, 3.63) is 59.4 Å². The Morgan fingerprint density at radius 2 is 2.00 bits per heavy atom. The normalized spacial score (nSPS) is 11.0. The predicted molar refractivity (Wildman–Crippen MR) is 98.7 cm³/mol. The maximum absolute atomic E-state index is 12.7. The van der Waals surface area contributed by atoms with E-state index in [4.69, 9.17) is 0 Å². The number of benzene rings is 1. The van der Waals surface area contributed by atoms with Crippen LogP contribution in [-0.2, 0) is 7.05 Å². The molecule has 1 aromatic carbocycles. The van der Waals surface area contributed by atoms with Gasteiger partial charge in [-0.2, -0.15) is 0 Å². The molecule has 0 radical (unpaired) electrons. The van der Waals surface area contributed by atoms with Gasteiger partial charge < -0.3 is 4.57 Å². The summed E-state index contributed by atoms with van der Waals surface area (Å²) < 4.78 is 1.87. The number of anilines is 1. The molecule has 1 N–H and O–H groups in total. The van der Waals surface area contributed by atoms with Gasteiger partial charge in [0.25, 0.3) is 5.91 Å². The molecule has 0 aliphatic rings. The van der Waals surface area contributed by atoms with Crippen LogP contribution in [0.15, 0.2) is 48.8 Å². The molecule has 0 atom stereocenters. The van der Waals surface area contributed by atoms with Crippen LogP contribution in [0, 0.1) is 6.92 Å². The van der Waals surface area contributed by atoms with E-state index in [0.717, 1.165) is 21.6 Å². The summed E-state index contributed by atoms with van der Waals surface area (Å²) in [4.78, 5) is 26.4. The number of nitrogens with zero attached hydrogens (tertiary/aromatic N) is 4. The average molecular weight is 349 g/mol. The minimum absolute atomic E-state index is 0.205. The lowest BCUT2D eigenvalue weighted by Crippen LogP contribution is -2.14. The zero-order chi connectivity index (χ0) is 17.4. The van der Waals surface area contributed by atoms with Crippen molar-refractivity contribution in [3.8, 4) is 10.6 Å². The molecule has 0 fully saturated rings. The monoisotopic (exact) mass is 349 g/mol. The van der Waals surface area contributed by atoms with E-state index in [-0.39, 0.29) is 5.91 Å². The molecule has 6 nitrogen and oxygen atoms in total. The molecule has 0 bridgehead atoms. The first kappa shape index (κ1) is 15.5. The molecule has 0 saturated heterocycles. The number of amides is 1. The van der Waals surface area contributed by atoms with Gasteiger partial charge in [-0.1, -0.05) is 12.1 Å². The van der Waals surface area contributed by atoms with Crippen LogP contribution >= 0.6 is 11.3 Å². The van der Waals surface area contributed by atoms with Crippen molar-refractivity contribution in [2.45, 2.75) is 6.92 Å². The zero-order valence-electron chi connectivity index (χ0n) is 13.7. The summed E-state index contributed by atoms with van der Waals surface area (Å²) in [6.45, 7) is 1.83. The van der Waals surface area contributed by atoms with Crippen LogP contribution < -0.4 is 5.32 Å². The summed E-state index contributed by atoms with van der Waals surface area (Å²) in [7, 11) is 1.88. The predicted octanol–water partition coefficient (Wildman–Crippen LogP) is 3.65. The fraction of sp³-hybridized carbons (Fsp3) is 0.111. The van der Waals surface area contributed by atoms with Crippen molar-refractivity contribution in [3.63, 3.8) is 0 Å². The number of rotatable bonds is 3. The van der Waals surface area contributed by atoms with Crippen molar-refractivity contribution in [2.24, 2.45) is 7.05 Å². The molecule has 0 unspecified atom stereocenters. The van der Waals surface area contributed by atoms with Gasteiger partial charge in [0.05, 0.1) is 16.7 Å². The van der Waals surface area contributed by atoms with Crippen LogP contribution in [0.3, 0.4) is 0 Å². The van der Waals surface area contributed by atoms with Gasteiger partial charge in [-0.05, 0) is 31.2 Å². The third-order valence-corrected chi connectivity index (χ3v) is 5.13. The lowest BCUT2D eigenvalue weighted by atomic mass is 10.3. The van der Waals surface area contributed by atoms with Crippen molar-refractivity contribution < 1.29 is 4.79 Å². The summed E-state index contributed by atoms with van der Waals surface area (Å²) >= 11 is 1.35. The van der Waals surface area contributed by atoms with Gasteiger partial charge in [0.1, 0.15) is 9.88 Å². The van der Waals surface area contributed by atoms with Crippen molar-refractivity contribution in [1.82, 2.24) is 19.5 Å². The summed E-state index contributed by atoms with van der Waals surface area (Å²) in [5.74, 6) is 0.311.